The Morgan fingerprint density at radius 3 is 1.67 bits per heavy atom. The smallest absolute Gasteiger partial charge is 0.326 e. The van der Waals surface area contributed by atoms with E-state index in [4.69, 9.17) is 22.9 Å². The average molecular weight is 813 g/mol. The average Bonchev–Trinajstić information content (AvgIpc) is 3.18. The van der Waals surface area contributed by atoms with Gasteiger partial charge in [-0.15, -0.1) is 0 Å². The number of carbonyl (C=O) groups excluding carboxylic acids is 5. The summed E-state index contributed by atoms with van der Waals surface area (Å²) in [5.74, 6) is -5.42. The molecule has 2 rings (SSSR count). The zero-order valence-corrected chi connectivity index (χ0v) is 33.1. The SMILES string of the molecule is CC(C)C[C@H](NC(=O)[C@H](CCCCN)NC(=O)[C@H](Cc1ccccc1)NC(=O)[C@@H](N)CO)C(=O)N[C@@H](CCCN=C(N)N)C(=O)N[C@@H](Cc1ccc(O)cc1)C(=O)O. The lowest BCUT2D eigenvalue weighted by atomic mass is 10.00. The molecule has 0 aromatic heterocycles. The second-order valence-electron chi connectivity index (χ2n) is 14.4. The number of aliphatic imine (C=N–C) groups is 1. The molecule has 58 heavy (non-hydrogen) atoms. The van der Waals surface area contributed by atoms with Gasteiger partial charge < -0.3 is 64.8 Å². The van der Waals surface area contributed by atoms with Gasteiger partial charge in [-0.05, 0) is 74.2 Å². The number of carbonyl (C=O) groups is 6. The van der Waals surface area contributed by atoms with Crippen LogP contribution in [-0.2, 0) is 41.6 Å². The molecule has 0 unspecified atom stereocenters. The number of carboxylic acids is 1. The number of rotatable bonds is 26. The highest BCUT2D eigenvalue weighted by Gasteiger charge is 2.33. The van der Waals surface area contributed by atoms with E-state index in [1.807, 2.05) is 13.8 Å². The number of benzene rings is 2. The molecule has 0 heterocycles. The molecule has 0 aliphatic heterocycles. The fourth-order valence-electron chi connectivity index (χ4n) is 5.81. The second kappa shape index (κ2) is 25.5. The molecular weight excluding hydrogens is 752 g/mol. The number of amides is 5. The monoisotopic (exact) mass is 812 g/mol. The predicted octanol–water partition coefficient (Wildman–Crippen LogP) is -1.77. The summed E-state index contributed by atoms with van der Waals surface area (Å²) >= 11 is 0. The Morgan fingerprint density at radius 1 is 0.655 bits per heavy atom. The third kappa shape index (κ3) is 18.0. The van der Waals surface area contributed by atoms with E-state index in [9.17, 15) is 44.1 Å². The third-order valence-electron chi connectivity index (χ3n) is 8.94. The molecule has 2 aromatic rings. The first kappa shape index (κ1) is 48.4. The number of nitrogens with zero attached hydrogens (tertiary/aromatic N) is 1. The van der Waals surface area contributed by atoms with Gasteiger partial charge in [-0.1, -0.05) is 56.3 Å². The van der Waals surface area contributed by atoms with E-state index in [0.29, 0.717) is 30.5 Å². The molecule has 16 N–H and O–H groups in total. The summed E-state index contributed by atoms with van der Waals surface area (Å²) in [6.45, 7) is 3.40. The van der Waals surface area contributed by atoms with Crippen molar-refractivity contribution in [3.05, 3.63) is 65.7 Å². The number of phenolic OH excluding ortho intramolecular Hbond substituents is 1. The van der Waals surface area contributed by atoms with Gasteiger partial charge in [0.05, 0.1) is 6.61 Å². The second-order valence-corrected chi connectivity index (χ2v) is 14.4. The normalized spacial score (nSPS) is 14.1. The molecule has 0 fully saturated rings. The molecule has 19 heteroatoms. The molecule has 19 nitrogen and oxygen atoms in total. The summed E-state index contributed by atoms with van der Waals surface area (Å²) in [5.41, 5.74) is 23.5. The molecule has 0 bridgehead atoms. The molecule has 0 aliphatic rings. The standard InChI is InChI=1S/C39H60N10O9/c1-23(2)19-30(36(55)46-29(12-8-18-44-39(42)43)35(54)49-32(38(57)58)21-25-13-15-26(51)16-14-25)48-34(53)28(11-6-7-17-40)45-37(56)31(47-33(52)27(41)22-50)20-24-9-4-3-5-10-24/h3-5,9-10,13-16,23,27-32,50-51H,6-8,11-12,17-22,40-41H2,1-2H3,(H,45,56)(H,46,55)(H,47,52)(H,48,53)(H,49,54)(H,57,58)(H4,42,43,44)/t27-,28-,29-,30-,31-,32-/m0/s1. The quantitative estimate of drug-likeness (QED) is 0.0285. The van der Waals surface area contributed by atoms with Crippen LogP contribution >= 0.6 is 0 Å². The highest BCUT2D eigenvalue weighted by Crippen LogP contribution is 2.13. The van der Waals surface area contributed by atoms with Gasteiger partial charge in [0, 0.05) is 19.4 Å². The number of aliphatic hydroxyl groups excluding tert-OH is 1. The number of hydrogen-bond acceptors (Lipinski definition) is 11. The number of unbranched alkanes of at least 4 members (excludes halogenated alkanes) is 1. The van der Waals surface area contributed by atoms with Gasteiger partial charge >= 0.3 is 5.97 Å². The van der Waals surface area contributed by atoms with Crippen LogP contribution in [0.4, 0.5) is 0 Å². The number of aromatic hydroxyl groups is 1. The highest BCUT2D eigenvalue weighted by atomic mass is 16.4. The minimum atomic E-state index is -1.40. The molecule has 5 amide bonds. The maximum Gasteiger partial charge on any atom is 0.326 e. The first-order valence-electron chi connectivity index (χ1n) is 19.2. The molecule has 0 saturated heterocycles. The van der Waals surface area contributed by atoms with E-state index in [0.717, 1.165) is 0 Å². The molecule has 6 atom stereocenters. The van der Waals surface area contributed by atoms with Crippen molar-refractivity contribution in [3.63, 3.8) is 0 Å². The fourth-order valence-corrected chi connectivity index (χ4v) is 5.81. The van der Waals surface area contributed by atoms with Crippen LogP contribution < -0.4 is 49.5 Å². The lowest BCUT2D eigenvalue weighted by Gasteiger charge is -2.28. The summed E-state index contributed by atoms with van der Waals surface area (Å²) in [7, 11) is 0. The number of aliphatic carboxylic acids is 1. The summed E-state index contributed by atoms with van der Waals surface area (Å²) in [6, 6.07) is 7.08. The fraction of sp³-hybridized carbons (Fsp3) is 0.513. The van der Waals surface area contributed by atoms with Crippen LogP contribution in [0.15, 0.2) is 59.6 Å². The lowest BCUT2D eigenvalue weighted by molar-refractivity contribution is -0.142. The number of hydrogen-bond donors (Lipinski definition) is 12. The Balaban J connectivity index is 2.35. The van der Waals surface area contributed by atoms with E-state index in [1.54, 1.807) is 30.3 Å². The summed E-state index contributed by atoms with van der Waals surface area (Å²) in [5, 5.41) is 42.1. The number of carboxylic acid groups (broad SMARTS) is 1. The van der Waals surface area contributed by atoms with Crippen LogP contribution in [0.3, 0.4) is 0 Å². The molecule has 0 spiro atoms. The number of aliphatic hydroxyl groups is 1. The number of guanidine groups is 1. The first-order valence-corrected chi connectivity index (χ1v) is 19.2. The van der Waals surface area contributed by atoms with Crippen LogP contribution in [0, 0.1) is 5.92 Å². The van der Waals surface area contributed by atoms with Crippen molar-refractivity contribution < 1.29 is 44.1 Å². The Kier molecular flexibility index (Phi) is 21.2. The zero-order chi connectivity index (χ0) is 43.2. The minimum Gasteiger partial charge on any atom is -0.508 e. The summed E-state index contributed by atoms with van der Waals surface area (Å²) < 4.78 is 0. The Morgan fingerprint density at radius 2 is 1.14 bits per heavy atom. The van der Waals surface area contributed by atoms with Crippen molar-refractivity contribution in [1.29, 1.82) is 0 Å². The van der Waals surface area contributed by atoms with Crippen LogP contribution in [0.25, 0.3) is 0 Å². The number of nitrogens with one attached hydrogen (secondary N) is 5. The van der Waals surface area contributed by atoms with E-state index >= 15 is 0 Å². The van der Waals surface area contributed by atoms with Gasteiger partial charge in [-0.2, -0.15) is 0 Å². The maximum atomic E-state index is 14.0. The van der Waals surface area contributed by atoms with E-state index in [-0.39, 0.29) is 62.7 Å². The summed E-state index contributed by atoms with van der Waals surface area (Å²) in [6.07, 6.45) is 1.31. The molecule has 2 aromatic carbocycles. The van der Waals surface area contributed by atoms with Crippen LogP contribution in [0.2, 0.25) is 0 Å². The maximum absolute atomic E-state index is 14.0. The van der Waals surface area contributed by atoms with Gasteiger partial charge in [0.1, 0.15) is 42.0 Å². The number of phenols is 1. The van der Waals surface area contributed by atoms with Crippen molar-refractivity contribution in [3.8, 4) is 5.75 Å². The molecule has 0 radical (unpaired) electrons. The van der Waals surface area contributed by atoms with Gasteiger partial charge in [-0.3, -0.25) is 29.0 Å². The topological polar surface area (TPSA) is 340 Å². The third-order valence-corrected chi connectivity index (χ3v) is 8.94. The molecule has 320 valence electrons. The van der Waals surface area contributed by atoms with E-state index in [1.165, 1.54) is 24.3 Å². The zero-order valence-electron chi connectivity index (χ0n) is 33.1. The van der Waals surface area contributed by atoms with Gasteiger partial charge in [0.25, 0.3) is 0 Å². The Labute approximate surface area is 338 Å². The van der Waals surface area contributed by atoms with Gasteiger partial charge in [0.15, 0.2) is 5.96 Å². The number of nitrogens with two attached hydrogens (primary N) is 4. The largest absolute Gasteiger partial charge is 0.508 e. The van der Waals surface area contributed by atoms with Crippen molar-refractivity contribution in [1.82, 2.24) is 26.6 Å². The van der Waals surface area contributed by atoms with Crippen molar-refractivity contribution in [2.24, 2.45) is 33.8 Å². The van der Waals surface area contributed by atoms with E-state index in [2.05, 4.69) is 31.6 Å². The first-order chi connectivity index (χ1) is 27.5. The Bertz CT molecular complexity index is 1660. The van der Waals surface area contributed by atoms with E-state index < -0.39 is 78.4 Å². The molecule has 0 saturated carbocycles. The molecule has 0 aliphatic carbocycles. The molecular formula is C39H60N10O9. The predicted molar refractivity (Wildman–Crippen MR) is 217 cm³/mol. The van der Waals surface area contributed by atoms with Crippen molar-refractivity contribution in [2.45, 2.75) is 101 Å². The summed E-state index contributed by atoms with van der Waals surface area (Å²) in [4.78, 5) is 84.1. The highest BCUT2D eigenvalue weighted by molar-refractivity contribution is 5.96. The van der Waals surface area contributed by atoms with Crippen LogP contribution in [0.5, 0.6) is 5.75 Å². The van der Waals surface area contributed by atoms with Crippen LogP contribution in [-0.4, -0.2) is 113 Å². The van der Waals surface area contributed by atoms with Crippen molar-refractivity contribution in [2.75, 3.05) is 19.7 Å². The Hall–Kier alpha value is -5.79. The van der Waals surface area contributed by atoms with Gasteiger partial charge in [-0.25, -0.2) is 4.79 Å². The van der Waals surface area contributed by atoms with Crippen LogP contribution in [0.1, 0.15) is 63.5 Å². The van der Waals surface area contributed by atoms with Gasteiger partial charge in [0.2, 0.25) is 29.5 Å². The van der Waals surface area contributed by atoms with Crippen molar-refractivity contribution >= 4 is 41.5 Å². The minimum absolute atomic E-state index is 0.00548. The lowest BCUT2D eigenvalue weighted by Crippen LogP contribution is -2.59.